The SMILES string of the molecule is O=S1(=O)CC(O)(c2ccc(F)cc2)c2sccc21. The van der Waals surface area contributed by atoms with Gasteiger partial charge in [-0.25, -0.2) is 12.8 Å². The molecule has 1 aromatic carbocycles. The molecule has 0 bridgehead atoms. The van der Waals surface area contributed by atoms with E-state index in [1.807, 2.05) is 0 Å². The fourth-order valence-electron chi connectivity index (χ4n) is 2.20. The smallest absolute Gasteiger partial charge is 0.183 e. The average Bonchev–Trinajstić information content (AvgIpc) is 2.84. The largest absolute Gasteiger partial charge is 0.378 e. The summed E-state index contributed by atoms with van der Waals surface area (Å²) in [4.78, 5) is 0.591. The first kappa shape index (κ1) is 11.8. The molecule has 2 heterocycles. The van der Waals surface area contributed by atoms with E-state index < -0.39 is 21.3 Å². The van der Waals surface area contributed by atoms with Crippen molar-refractivity contribution in [2.45, 2.75) is 10.5 Å². The fourth-order valence-corrected chi connectivity index (χ4v) is 5.56. The number of hydrogen-bond donors (Lipinski definition) is 1. The lowest BCUT2D eigenvalue weighted by atomic mass is 9.94. The van der Waals surface area contributed by atoms with Gasteiger partial charge in [-0.15, -0.1) is 11.3 Å². The van der Waals surface area contributed by atoms with Crippen LogP contribution < -0.4 is 0 Å². The Balaban J connectivity index is 2.22. The summed E-state index contributed by atoms with van der Waals surface area (Å²) in [6.45, 7) is 0. The van der Waals surface area contributed by atoms with Crippen LogP contribution in [0.5, 0.6) is 0 Å². The molecule has 94 valence electrons. The predicted octanol–water partition coefficient (Wildman–Crippen LogP) is 1.91. The number of fused-ring (bicyclic) bond motifs is 1. The highest BCUT2D eigenvalue weighted by Crippen LogP contribution is 2.45. The molecule has 1 aliphatic heterocycles. The van der Waals surface area contributed by atoms with Crippen molar-refractivity contribution in [2.24, 2.45) is 0 Å². The van der Waals surface area contributed by atoms with Crippen molar-refractivity contribution >= 4 is 21.2 Å². The molecule has 0 radical (unpaired) electrons. The maximum Gasteiger partial charge on any atom is 0.183 e. The number of thiophene rings is 1. The van der Waals surface area contributed by atoms with E-state index in [2.05, 4.69) is 0 Å². The van der Waals surface area contributed by atoms with Gasteiger partial charge in [-0.3, -0.25) is 0 Å². The highest BCUT2D eigenvalue weighted by molar-refractivity contribution is 7.92. The quantitative estimate of drug-likeness (QED) is 0.870. The molecule has 1 unspecified atom stereocenters. The van der Waals surface area contributed by atoms with Crippen molar-refractivity contribution in [3.63, 3.8) is 0 Å². The Morgan fingerprint density at radius 2 is 1.89 bits per heavy atom. The number of aliphatic hydroxyl groups is 1. The molecule has 1 aromatic heterocycles. The fraction of sp³-hybridized carbons (Fsp3) is 0.167. The van der Waals surface area contributed by atoms with Crippen LogP contribution in [-0.2, 0) is 15.4 Å². The Morgan fingerprint density at radius 3 is 2.56 bits per heavy atom. The number of rotatable bonds is 1. The zero-order valence-electron chi connectivity index (χ0n) is 9.13. The standard InChI is InChI=1S/C12H9FO3S2/c13-9-3-1-8(2-4-9)12(14)7-18(15,16)10-5-6-17-11(10)12/h1-6,14H,7H2. The Morgan fingerprint density at radius 1 is 1.22 bits per heavy atom. The maximum atomic E-state index is 12.9. The minimum Gasteiger partial charge on any atom is -0.378 e. The van der Waals surface area contributed by atoms with Crippen molar-refractivity contribution in [3.05, 3.63) is 52.0 Å². The van der Waals surface area contributed by atoms with Crippen LogP contribution in [-0.4, -0.2) is 19.3 Å². The number of halogens is 1. The van der Waals surface area contributed by atoms with Gasteiger partial charge in [0.05, 0.1) is 15.5 Å². The van der Waals surface area contributed by atoms with Crippen LogP contribution in [0.15, 0.2) is 40.6 Å². The molecule has 18 heavy (non-hydrogen) atoms. The third kappa shape index (κ3) is 1.53. The first-order valence-electron chi connectivity index (χ1n) is 5.23. The van der Waals surface area contributed by atoms with E-state index in [0.29, 0.717) is 10.4 Å². The van der Waals surface area contributed by atoms with E-state index >= 15 is 0 Å². The van der Waals surface area contributed by atoms with Gasteiger partial charge >= 0.3 is 0 Å². The molecule has 0 saturated heterocycles. The molecule has 3 nitrogen and oxygen atoms in total. The first-order chi connectivity index (χ1) is 8.43. The Bertz CT molecular complexity index is 703. The van der Waals surface area contributed by atoms with E-state index in [-0.39, 0.29) is 10.6 Å². The van der Waals surface area contributed by atoms with Crippen LogP contribution in [0.2, 0.25) is 0 Å². The molecule has 0 aliphatic carbocycles. The molecule has 0 fully saturated rings. The highest BCUT2D eigenvalue weighted by Gasteiger charge is 2.48. The molecular formula is C12H9FO3S2. The second kappa shape index (κ2) is 3.63. The minimum absolute atomic E-state index is 0.180. The second-order valence-electron chi connectivity index (χ2n) is 4.24. The van der Waals surface area contributed by atoms with Gasteiger partial charge in [0, 0.05) is 0 Å². The molecular weight excluding hydrogens is 275 g/mol. The number of sulfone groups is 1. The zero-order valence-corrected chi connectivity index (χ0v) is 10.8. The normalized spacial score (nSPS) is 25.0. The van der Waals surface area contributed by atoms with E-state index in [9.17, 15) is 17.9 Å². The topological polar surface area (TPSA) is 54.4 Å². The molecule has 1 atom stereocenters. The molecule has 6 heteroatoms. The number of benzene rings is 1. The first-order valence-corrected chi connectivity index (χ1v) is 7.76. The average molecular weight is 284 g/mol. The van der Waals surface area contributed by atoms with Gasteiger partial charge in [0.15, 0.2) is 9.84 Å². The van der Waals surface area contributed by atoms with Gasteiger partial charge in [-0.1, -0.05) is 12.1 Å². The van der Waals surface area contributed by atoms with Gasteiger partial charge in [0.2, 0.25) is 0 Å². The Labute approximate surface area is 107 Å². The van der Waals surface area contributed by atoms with Crippen LogP contribution in [0.1, 0.15) is 10.4 Å². The summed E-state index contributed by atoms with van der Waals surface area (Å²) in [5, 5.41) is 12.3. The van der Waals surface area contributed by atoms with Crippen LogP contribution in [0.3, 0.4) is 0 Å². The maximum absolute atomic E-state index is 12.9. The van der Waals surface area contributed by atoms with Gasteiger partial charge in [-0.05, 0) is 29.1 Å². The van der Waals surface area contributed by atoms with E-state index in [0.717, 1.165) is 0 Å². The summed E-state index contributed by atoms with van der Waals surface area (Å²) >= 11 is 1.20. The van der Waals surface area contributed by atoms with Crippen LogP contribution >= 0.6 is 11.3 Å². The van der Waals surface area contributed by atoms with E-state index in [1.165, 1.54) is 41.7 Å². The Kier molecular flexibility index (Phi) is 2.38. The van der Waals surface area contributed by atoms with Gasteiger partial charge in [0.1, 0.15) is 11.4 Å². The summed E-state index contributed by atoms with van der Waals surface area (Å²) in [5.74, 6) is -0.803. The van der Waals surface area contributed by atoms with Crippen molar-refractivity contribution in [3.8, 4) is 0 Å². The van der Waals surface area contributed by atoms with Crippen molar-refractivity contribution in [1.82, 2.24) is 0 Å². The van der Waals surface area contributed by atoms with E-state index in [1.54, 1.807) is 5.38 Å². The predicted molar refractivity (Wildman–Crippen MR) is 65.8 cm³/mol. The lowest BCUT2D eigenvalue weighted by Gasteiger charge is -2.21. The van der Waals surface area contributed by atoms with Crippen LogP contribution in [0.4, 0.5) is 4.39 Å². The van der Waals surface area contributed by atoms with Crippen molar-refractivity contribution in [1.29, 1.82) is 0 Å². The highest BCUT2D eigenvalue weighted by atomic mass is 32.2. The molecule has 1 aliphatic rings. The minimum atomic E-state index is -3.46. The summed E-state index contributed by atoms with van der Waals surface area (Å²) < 4.78 is 36.8. The van der Waals surface area contributed by atoms with Crippen molar-refractivity contribution < 1.29 is 17.9 Å². The monoisotopic (exact) mass is 284 g/mol. The Hall–Kier alpha value is -1.24. The van der Waals surface area contributed by atoms with E-state index in [4.69, 9.17) is 0 Å². The zero-order chi connectivity index (χ0) is 13.0. The summed E-state index contributed by atoms with van der Waals surface area (Å²) in [5.41, 5.74) is -1.16. The second-order valence-corrected chi connectivity index (χ2v) is 7.11. The molecule has 1 N–H and O–H groups in total. The molecule has 3 rings (SSSR count). The van der Waals surface area contributed by atoms with Crippen molar-refractivity contribution in [2.75, 3.05) is 5.75 Å². The summed E-state index contributed by atoms with van der Waals surface area (Å²) in [7, 11) is -3.46. The van der Waals surface area contributed by atoms with Crippen LogP contribution in [0.25, 0.3) is 0 Å². The molecule has 0 saturated carbocycles. The lowest BCUT2D eigenvalue weighted by molar-refractivity contribution is 0.112. The third-order valence-corrected chi connectivity index (χ3v) is 6.06. The summed E-state index contributed by atoms with van der Waals surface area (Å²) in [6, 6.07) is 6.76. The van der Waals surface area contributed by atoms with Gasteiger partial charge in [-0.2, -0.15) is 0 Å². The summed E-state index contributed by atoms with van der Waals surface area (Å²) in [6.07, 6.45) is 0. The van der Waals surface area contributed by atoms with Gasteiger partial charge < -0.3 is 5.11 Å². The van der Waals surface area contributed by atoms with Crippen LogP contribution in [0, 0.1) is 5.82 Å². The molecule has 2 aromatic rings. The lowest BCUT2D eigenvalue weighted by Crippen LogP contribution is -2.28. The van der Waals surface area contributed by atoms with Gasteiger partial charge in [0.25, 0.3) is 0 Å². The molecule has 0 amide bonds. The molecule has 0 spiro atoms. The third-order valence-electron chi connectivity index (χ3n) is 3.06. The number of hydrogen-bond acceptors (Lipinski definition) is 4.